The smallest absolute Gasteiger partial charge is 0.228 e. The number of rotatable bonds is 5. The monoisotopic (exact) mass is 391 g/mol. The van der Waals surface area contributed by atoms with Gasteiger partial charge in [-0.1, -0.05) is 30.3 Å². The van der Waals surface area contributed by atoms with E-state index < -0.39 is 5.82 Å². The maximum Gasteiger partial charge on any atom is 0.228 e. The molecule has 1 fully saturated rings. The van der Waals surface area contributed by atoms with Gasteiger partial charge >= 0.3 is 0 Å². The Morgan fingerprint density at radius 3 is 2.44 bits per heavy atom. The Bertz CT molecular complexity index is 780. The zero-order valence-corrected chi connectivity index (χ0v) is 15.7. The topological polar surface area (TPSA) is 70.2 Å². The van der Waals surface area contributed by atoms with Crippen molar-refractivity contribution in [2.24, 2.45) is 5.92 Å². The van der Waals surface area contributed by atoms with Crippen molar-refractivity contribution < 1.29 is 14.0 Å². The van der Waals surface area contributed by atoms with Crippen molar-refractivity contribution in [3.8, 4) is 0 Å². The molecule has 3 N–H and O–H groups in total. The lowest BCUT2D eigenvalue weighted by molar-refractivity contribution is -0.120. The molecule has 2 aromatic carbocycles. The SMILES string of the molecule is Cl.O=C(Cc1ccccc1)Nc1cc(NC(=O)C2CCNCC2)ccc1F. The summed E-state index contributed by atoms with van der Waals surface area (Å²) in [5.41, 5.74) is 1.39. The molecule has 1 aliphatic heterocycles. The fourth-order valence-electron chi connectivity index (χ4n) is 3.00. The van der Waals surface area contributed by atoms with E-state index in [1.807, 2.05) is 30.3 Å². The minimum atomic E-state index is -0.536. The molecule has 0 atom stereocenters. The molecule has 0 spiro atoms. The number of hydrogen-bond donors (Lipinski definition) is 3. The molecule has 3 rings (SSSR count). The highest BCUT2D eigenvalue weighted by Crippen LogP contribution is 2.22. The highest BCUT2D eigenvalue weighted by Gasteiger charge is 2.21. The highest BCUT2D eigenvalue weighted by atomic mass is 35.5. The normalized spacial score (nSPS) is 14.1. The third kappa shape index (κ3) is 6.05. The Kier molecular flexibility index (Phi) is 7.76. The number of anilines is 2. The second-order valence-electron chi connectivity index (χ2n) is 6.42. The van der Waals surface area contributed by atoms with Crippen LogP contribution in [-0.2, 0) is 16.0 Å². The number of hydrogen-bond acceptors (Lipinski definition) is 3. The van der Waals surface area contributed by atoms with Gasteiger partial charge in [0.2, 0.25) is 11.8 Å². The van der Waals surface area contributed by atoms with Gasteiger partial charge in [0.25, 0.3) is 0 Å². The number of carbonyl (C=O) groups excluding carboxylic acids is 2. The van der Waals surface area contributed by atoms with Gasteiger partial charge in [-0.05, 0) is 49.7 Å². The van der Waals surface area contributed by atoms with Gasteiger partial charge in [-0.25, -0.2) is 4.39 Å². The fourth-order valence-corrected chi connectivity index (χ4v) is 3.00. The summed E-state index contributed by atoms with van der Waals surface area (Å²) < 4.78 is 14.0. The zero-order valence-electron chi connectivity index (χ0n) is 14.8. The van der Waals surface area contributed by atoms with Crippen LogP contribution in [0.4, 0.5) is 15.8 Å². The average molecular weight is 392 g/mol. The first kappa shape index (κ1) is 20.9. The molecular formula is C20H23ClFN3O2. The molecule has 0 aromatic heterocycles. The summed E-state index contributed by atoms with van der Waals surface area (Å²) in [5.74, 6) is -0.958. The van der Waals surface area contributed by atoms with Crippen molar-refractivity contribution in [3.05, 3.63) is 59.9 Å². The molecule has 0 saturated carbocycles. The van der Waals surface area contributed by atoms with Gasteiger partial charge < -0.3 is 16.0 Å². The lowest BCUT2D eigenvalue weighted by Gasteiger charge is -2.22. The predicted molar refractivity (Wildman–Crippen MR) is 107 cm³/mol. The number of nitrogens with one attached hydrogen (secondary N) is 3. The van der Waals surface area contributed by atoms with E-state index in [2.05, 4.69) is 16.0 Å². The van der Waals surface area contributed by atoms with Crippen molar-refractivity contribution in [2.45, 2.75) is 19.3 Å². The average Bonchev–Trinajstić information content (AvgIpc) is 2.66. The van der Waals surface area contributed by atoms with Gasteiger partial charge in [0.15, 0.2) is 0 Å². The molecule has 0 radical (unpaired) electrons. The van der Waals surface area contributed by atoms with Crippen LogP contribution < -0.4 is 16.0 Å². The summed E-state index contributed by atoms with van der Waals surface area (Å²) >= 11 is 0. The fraction of sp³-hybridized carbons (Fsp3) is 0.300. The van der Waals surface area contributed by atoms with Crippen molar-refractivity contribution in [1.82, 2.24) is 5.32 Å². The van der Waals surface area contributed by atoms with Crippen LogP contribution >= 0.6 is 12.4 Å². The first-order chi connectivity index (χ1) is 12.6. The predicted octanol–water partition coefficient (Wildman–Crippen LogP) is 3.37. The third-order valence-corrected chi connectivity index (χ3v) is 4.43. The number of piperidine rings is 1. The van der Waals surface area contributed by atoms with E-state index in [1.54, 1.807) is 0 Å². The van der Waals surface area contributed by atoms with Crippen LogP contribution in [-0.4, -0.2) is 24.9 Å². The largest absolute Gasteiger partial charge is 0.326 e. The van der Waals surface area contributed by atoms with E-state index in [4.69, 9.17) is 0 Å². The summed E-state index contributed by atoms with van der Waals surface area (Å²) in [6, 6.07) is 13.4. The molecule has 1 heterocycles. The van der Waals surface area contributed by atoms with Crippen LogP contribution in [0.2, 0.25) is 0 Å². The molecule has 1 aliphatic rings. The van der Waals surface area contributed by atoms with E-state index in [0.29, 0.717) is 5.69 Å². The van der Waals surface area contributed by atoms with E-state index in [9.17, 15) is 14.0 Å². The summed E-state index contributed by atoms with van der Waals surface area (Å²) in [4.78, 5) is 24.4. The molecule has 5 nitrogen and oxygen atoms in total. The zero-order chi connectivity index (χ0) is 18.4. The van der Waals surface area contributed by atoms with E-state index in [-0.39, 0.29) is 42.2 Å². The summed E-state index contributed by atoms with van der Waals surface area (Å²) in [6.45, 7) is 1.64. The van der Waals surface area contributed by atoms with Crippen molar-refractivity contribution in [3.63, 3.8) is 0 Å². The Labute approximate surface area is 164 Å². The number of benzene rings is 2. The Morgan fingerprint density at radius 1 is 1.04 bits per heavy atom. The first-order valence-electron chi connectivity index (χ1n) is 8.77. The van der Waals surface area contributed by atoms with Gasteiger partial charge in [-0.3, -0.25) is 9.59 Å². The second kappa shape index (κ2) is 10.0. The molecule has 0 aliphatic carbocycles. The van der Waals surface area contributed by atoms with Crippen LogP contribution in [0.25, 0.3) is 0 Å². The van der Waals surface area contributed by atoms with Crippen LogP contribution in [0.5, 0.6) is 0 Å². The van der Waals surface area contributed by atoms with Gasteiger partial charge in [-0.2, -0.15) is 0 Å². The number of amides is 2. The first-order valence-corrected chi connectivity index (χ1v) is 8.77. The molecule has 144 valence electrons. The Morgan fingerprint density at radius 2 is 1.74 bits per heavy atom. The quantitative estimate of drug-likeness (QED) is 0.731. The number of carbonyl (C=O) groups is 2. The standard InChI is InChI=1S/C20H22FN3O2.ClH/c21-17-7-6-16(23-20(26)15-8-10-22-11-9-15)13-18(17)24-19(25)12-14-4-2-1-3-5-14;/h1-7,13,15,22H,8-12H2,(H,23,26)(H,24,25);1H. The third-order valence-electron chi connectivity index (χ3n) is 4.43. The van der Waals surface area contributed by atoms with E-state index in [1.165, 1.54) is 18.2 Å². The molecule has 1 saturated heterocycles. The lowest BCUT2D eigenvalue weighted by Crippen LogP contribution is -2.34. The summed E-state index contributed by atoms with van der Waals surface area (Å²) in [7, 11) is 0. The Balaban J connectivity index is 0.00000261. The van der Waals surface area contributed by atoms with Crippen LogP contribution in [0.3, 0.4) is 0 Å². The lowest BCUT2D eigenvalue weighted by atomic mass is 9.97. The summed E-state index contributed by atoms with van der Waals surface area (Å²) in [5, 5.41) is 8.61. The molecule has 7 heteroatoms. The van der Waals surface area contributed by atoms with Crippen molar-refractivity contribution in [1.29, 1.82) is 0 Å². The van der Waals surface area contributed by atoms with Crippen LogP contribution in [0.15, 0.2) is 48.5 Å². The maximum absolute atomic E-state index is 14.0. The minimum Gasteiger partial charge on any atom is -0.326 e. The van der Waals surface area contributed by atoms with Crippen LogP contribution in [0.1, 0.15) is 18.4 Å². The molecule has 2 aromatic rings. The maximum atomic E-state index is 14.0. The van der Waals surface area contributed by atoms with Gasteiger partial charge in [0.1, 0.15) is 5.82 Å². The van der Waals surface area contributed by atoms with Gasteiger partial charge in [0.05, 0.1) is 12.1 Å². The molecule has 0 unspecified atom stereocenters. The van der Waals surface area contributed by atoms with Crippen molar-refractivity contribution in [2.75, 3.05) is 23.7 Å². The Hall–Kier alpha value is -2.44. The van der Waals surface area contributed by atoms with Gasteiger partial charge in [-0.15, -0.1) is 12.4 Å². The van der Waals surface area contributed by atoms with Crippen molar-refractivity contribution >= 4 is 35.6 Å². The van der Waals surface area contributed by atoms with Gasteiger partial charge in [0, 0.05) is 11.6 Å². The molecule has 27 heavy (non-hydrogen) atoms. The summed E-state index contributed by atoms with van der Waals surface area (Å²) in [6.07, 6.45) is 1.73. The van der Waals surface area contributed by atoms with E-state index >= 15 is 0 Å². The number of halogens is 2. The molecule has 2 amide bonds. The molecule has 0 bridgehead atoms. The second-order valence-corrected chi connectivity index (χ2v) is 6.42. The van der Waals surface area contributed by atoms with Crippen LogP contribution in [0, 0.1) is 11.7 Å². The van der Waals surface area contributed by atoms with E-state index in [0.717, 1.165) is 31.5 Å². The molecular weight excluding hydrogens is 369 g/mol. The minimum absolute atomic E-state index is 0. The highest BCUT2D eigenvalue weighted by molar-refractivity contribution is 5.95.